The zero-order valence-electron chi connectivity index (χ0n) is 14.1. The Kier molecular flexibility index (Phi) is 19.3. The van der Waals surface area contributed by atoms with Crippen LogP contribution in [-0.2, 0) is 9.16 Å². The summed E-state index contributed by atoms with van der Waals surface area (Å²) in [4.78, 5) is 0. The van der Waals surface area contributed by atoms with E-state index in [1.807, 2.05) is 0 Å². The highest BCUT2D eigenvalue weighted by molar-refractivity contribution is 6.26. The molecule has 0 aliphatic heterocycles. The Hall–Kier alpha value is 0.137. The van der Waals surface area contributed by atoms with Crippen LogP contribution in [0.3, 0.4) is 0 Å². The molecule has 0 rings (SSSR count). The smallest absolute Gasteiger partial charge is 0.161 e. The predicted molar refractivity (Wildman–Crippen MR) is 92.3 cm³/mol. The molecule has 0 aromatic heterocycles. The van der Waals surface area contributed by atoms with E-state index in [1.165, 1.54) is 83.1 Å². The Morgan fingerprint density at radius 1 is 0.650 bits per heavy atom. The maximum Gasteiger partial charge on any atom is 0.161 e. The molecule has 0 saturated heterocycles. The number of hydrogen-bond acceptors (Lipinski definition) is 2. The fraction of sp³-hybridized carbons (Fsp3) is 1.00. The van der Waals surface area contributed by atoms with E-state index in [0.717, 1.165) is 13.2 Å². The molecule has 0 N–H and O–H groups in total. The van der Waals surface area contributed by atoms with Gasteiger partial charge in [0.05, 0.1) is 13.2 Å². The molecule has 20 heavy (non-hydrogen) atoms. The van der Waals surface area contributed by atoms with Crippen molar-refractivity contribution in [1.82, 2.24) is 0 Å². The van der Waals surface area contributed by atoms with E-state index < -0.39 is 0 Å². The summed E-state index contributed by atoms with van der Waals surface area (Å²) in [6.45, 7) is 3.85. The average Bonchev–Trinajstić information content (AvgIpc) is 2.47. The Morgan fingerprint density at radius 3 is 1.65 bits per heavy atom. The van der Waals surface area contributed by atoms with Gasteiger partial charge in [0, 0.05) is 7.11 Å². The summed E-state index contributed by atoms with van der Waals surface area (Å²) in [6.07, 6.45) is 17.2. The van der Waals surface area contributed by atoms with Crippen molar-refractivity contribution in [3.63, 3.8) is 0 Å². The molecule has 0 heterocycles. The highest BCUT2D eigenvalue weighted by Crippen LogP contribution is 2.12. The second kappa shape index (κ2) is 19.1. The fourth-order valence-electron chi connectivity index (χ4n) is 2.47. The molecule has 0 aromatic carbocycles. The number of methoxy groups -OCH3 is 1. The van der Waals surface area contributed by atoms with Gasteiger partial charge in [-0.3, -0.25) is 0 Å². The van der Waals surface area contributed by atoms with Crippen molar-refractivity contribution in [3.05, 3.63) is 0 Å². The molecule has 0 fully saturated rings. The summed E-state index contributed by atoms with van der Waals surface area (Å²) >= 11 is 0. The summed E-state index contributed by atoms with van der Waals surface area (Å²) in [5.74, 6) is 0. The maximum absolute atomic E-state index is 5.59. The summed E-state index contributed by atoms with van der Waals surface area (Å²) in [5.41, 5.74) is 0. The van der Waals surface area contributed by atoms with Gasteiger partial charge in [0.15, 0.2) is 9.76 Å². The number of unbranched alkanes of at least 4 members (excludes halogenated alkanes) is 11. The van der Waals surface area contributed by atoms with Gasteiger partial charge in [0.2, 0.25) is 0 Å². The van der Waals surface area contributed by atoms with Gasteiger partial charge in [-0.25, -0.2) is 0 Å². The van der Waals surface area contributed by atoms with Crippen LogP contribution < -0.4 is 0 Å². The molecule has 0 spiro atoms. The van der Waals surface area contributed by atoms with E-state index >= 15 is 0 Å². The molecule has 0 aliphatic rings. The van der Waals surface area contributed by atoms with Gasteiger partial charge in [-0.05, 0) is 6.04 Å². The standard InChI is InChI=1S/C17H38O2Si/c1-3-4-5-6-7-8-9-10-11-12-13-14-17-20-19-16-15-18-2/h3-17,20H2,1-2H3. The molecule has 0 aliphatic carbocycles. The molecule has 0 bridgehead atoms. The lowest BCUT2D eigenvalue weighted by atomic mass is 10.1. The second-order valence-corrected chi connectivity index (χ2v) is 7.37. The molecule has 0 aromatic rings. The lowest BCUT2D eigenvalue weighted by Gasteiger charge is -2.04. The van der Waals surface area contributed by atoms with Crippen molar-refractivity contribution in [2.45, 2.75) is 90.0 Å². The third-order valence-corrected chi connectivity index (χ3v) is 5.19. The van der Waals surface area contributed by atoms with E-state index in [0.29, 0.717) is 0 Å². The number of ether oxygens (including phenoxy) is 1. The third kappa shape index (κ3) is 18.1. The summed E-state index contributed by atoms with van der Waals surface area (Å²) < 4.78 is 10.5. The van der Waals surface area contributed by atoms with Crippen LogP contribution in [0, 0.1) is 0 Å². The monoisotopic (exact) mass is 302 g/mol. The summed E-state index contributed by atoms with van der Waals surface area (Å²) in [7, 11) is 1.49. The first-order valence-corrected chi connectivity index (χ1v) is 10.6. The van der Waals surface area contributed by atoms with Gasteiger partial charge in [0.25, 0.3) is 0 Å². The van der Waals surface area contributed by atoms with Crippen molar-refractivity contribution in [2.24, 2.45) is 0 Å². The third-order valence-electron chi connectivity index (χ3n) is 3.82. The summed E-state index contributed by atoms with van der Waals surface area (Å²) in [6, 6.07) is 1.35. The normalized spacial score (nSPS) is 11.7. The van der Waals surface area contributed by atoms with Crippen LogP contribution in [-0.4, -0.2) is 30.1 Å². The molecule has 0 unspecified atom stereocenters. The molecule has 0 amide bonds. The van der Waals surface area contributed by atoms with E-state index in [1.54, 1.807) is 7.11 Å². The minimum Gasteiger partial charge on any atom is -0.422 e. The van der Waals surface area contributed by atoms with Gasteiger partial charge >= 0.3 is 0 Å². The molecule has 2 nitrogen and oxygen atoms in total. The van der Waals surface area contributed by atoms with Crippen molar-refractivity contribution in [2.75, 3.05) is 20.3 Å². The van der Waals surface area contributed by atoms with Gasteiger partial charge in [-0.1, -0.05) is 84.0 Å². The summed E-state index contributed by atoms with van der Waals surface area (Å²) in [5, 5.41) is 0. The van der Waals surface area contributed by atoms with Crippen LogP contribution in [0.15, 0.2) is 0 Å². The highest BCUT2D eigenvalue weighted by Gasteiger charge is 1.94. The topological polar surface area (TPSA) is 18.5 Å². The largest absolute Gasteiger partial charge is 0.422 e. The van der Waals surface area contributed by atoms with Crippen LogP contribution in [0.2, 0.25) is 6.04 Å². The molecule has 122 valence electrons. The molecule has 0 saturated carbocycles. The average molecular weight is 303 g/mol. The van der Waals surface area contributed by atoms with E-state index in [2.05, 4.69) is 6.92 Å². The Bertz CT molecular complexity index is 147. The highest BCUT2D eigenvalue weighted by atomic mass is 28.2. The van der Waals surface area contributed by atoms with Crippen LogP contribution in [0.25, 0.3) is 0 Å². The molecule has 3 heteroatoms. The lowest BCUT2D eigenvalue weighted by molar-refractivity contribution is 0.149. The second-order valence-electron chi connectivity index (χ2n) is 5.85. The van der Waals surface area contributed by atoms with Gasteiger partial charge in [0.1, 0.15) is 0 Å². The van der Waals surface area contributed by atoms with E-state index in [-0.39, 0.29) is 9.76 Å². The minimum atomic E-state index is -0.247. The molecule has 0 atom stereocenters. The maximum atomic E-state index is 5.59. The molecular formula is C17H38O2Si. The Labute approximate surface area is 130 Å². The minimum absolute atomic E-state index is 0.247. The van der Waals surface area contributed by atoms with E-state index in [4.69, 9.17) is 9.16 Å². The zero-order chi connectivity index (χ0) is 14.7. The van der Waals surface area contributed by atoms with Crippen LogP contribution in [0.1, 0.15) is 84.0 Å². The van der Waals surface area contributed by atoms with Gasteiger partial charge in [-0.15, -0.1) is 0 Å². The van der Waals surface area contributed by atoms with Crippen LogP contribution in [0.4, 0.5) is 0 Å². The van der Waals surface area contributed by atoms with Crippen molar-refractivity contribution < 1.29 is 9.16 Å². The first-order chi connectivity index (χ1) is 9.91. The molecular weight excluding hydrogens is 264 g/mol. The zero-order valence-corrected chi connectivity index (χ0v) is 15.5. The SMILES string of the molecule is CCCCCCCCCCCCCC[SiH2]OCCOC. The number of rotatable bonds is 17. The van der Waals surface area contributed by atoms with Gasteiger partial charge < -0.3 is 9.16 Å². The van der Waals surface area contributed by atoms with Crippen molar-refractivity contribution in [3.8, 4) is 0 Å². The van der Waals surface area contributed by atoms with E-state index in [9.17, 15) is 0 Å². The number of hydrogen-bond donors (Lipinski definition) is 0. The quantitative estimate of drug-likeness (QED) is 0.282. The fourth-order valence-corrected chi connectivity index (χ4v) is 3.55. The van der Waals surface area contributed by atoms with Crippen LogP contribution >= 0.6 is 0 Å². The first-order valence-electron chi connectivity index (χ1n) is 8.98. The predicted octanol–water partition coefficient (Wildman–Crippen LogP) is 4.85. The van der Waals surface area contributed by atoms with Crippen molar-refractivity contribution in [1.29, 1.82) is 0 Å². The van der Waals surface area contributed by atoms with Crippen LogP contribution in [0.5, 0.6) is 0 Å². The van der Waals surface area contributed by atoms with Crippen molar-refractivity contribution >= 4 is 9.76 Å². The molecule has 0 radical (unpaired) electrons. The first kappa shape index (κ1) is 20.1. The Balaban J connectivity index is 2.89. The van der Waals surface area contributed by atoms with Gasteiger partial charge in [-0.2, -0.15) is 0 Å². The Morgan fingerprint density at radius 2 is 1.15 bits per heavy atom. The lowest BCUT2D eigenvalue weighted by Crippen LogP contribution is -2.05.